The fourth-order valence-corrected chi connectivity index (χ4v) is 5.20. The highest BCUT2D eigenvalue weighted by Crippen LogP contribution is 2.37. The summed E-state index contributed by atoms with van der Waals surface area (Å²) in [4.78, 5) is 41.7. The summed E-state index contributed by atoms with van der Waals surface area (Å²) < 4.78 is 91.8. The lowest BCUT2D eigenvalue weighted by Crippen LogP contribution is -2.54. The molecule has 1 saturated heterocycles. The van der Waals surface area contributed by atoms with Gasteiger partial charge in [0.05, 0.1) is 36.4 Å². The van der Waals surface area contributed by atoms with Crippen LogP contribution in [0.3, 0.4) is 0 Å². The molecule has 1 aliphatic heterocycles. The molecule has 0 unspecified atom stereocenters. The fourth-order valence-electron chi connectivity index (χ4n) is 5.20. The number of halogens is 6. The first-order valence-electron chi connectivity index (χ1n) is 14.2. The molecule has 2 aromatic rings. The van der Waals surface area contributed by atoms with Gasteiger partial charge in [0.25, 0.3) is 5.91 Å². The second kappa shape index (κ2) is 14.4. The van der Waals surface area contributed by atoms with Crippen molar-refractivity contribution in [1.29, 1.82) is 0 Å². The second-order valence-electron chi connectivity index (χ2n) is 11.3. The van der Waals surface area contributed by atoms with Crippen molar-refractivity contribution >= 4 is 17.8 Å². The number of ether oxygens (including phenoxy) is 2. The van der Waals surface area contributed by atoms with E-state index in [1.165, 1.54) is 4.90 Å². The summed E-state index contributed by atoms with van der Waals surface area (Å²) in [5.74, 6) is -2.15. The Bertz CT molecular complexity index is 1240. The van der Waals surface area contributed by atoms with Crippen molar-refractivity contribution in [2.75, 3.05) is 19.6 Å². The predicted octanol–water partition coefficient (Wildman–Crippen LogP) is 6.15. The van der Waals surface area contributed by atoms with E-state index in [4.69, 9.17) is 9.47 Å². The lowest BCUT2D eigenvalue weighted by atomic mass is 9.90. The number of hydrogen-bond donors (Lipinski definition) is 0. The molecule has 0 aliphatic carbocycles. The van der Waals surface area contributed by atoms with Crippen molar-refractivity contribution in [3.8, 4) is 0 Å². The summed E-state index contributed by atoms with van der Waals surface area (Å²) in [5.41, 5.74) is -3.12. The van der Waals surface area contributed by atoms with E-state index >= 15 is 0 Å². The number of alkyl halides is 6. The maximum Gasteiger partial charge on any atom is 0.416 e. The van der Waals surface area contributed by atoms with Gasteiger partial charge >= 0.3 is 24.3 Å². The van der Waals surface area contributed by atoms with Gasteiger partial charge in [-0.05, 0) is 70.7 Å². The molecule has 0 bridgehead atoms. The third-order valence-corrected chi connectivity index (χ3v) is 7.01. The van der Waals surface area contributed by atoms with Gasteiger partial charge in [-0.3, -0.25) is 19.3 Å². The smallest absolute Gasteiger partial charge is 0.416 e. The molecule has 2 aromatic carbocycles. The lowest BCUT2D eigenvalue weighted by molar-refractivity contribution is -0.154. The zero-order chi connectivity index (χ0) is 32.8. The van der Waals surface area contributed by atoms with Crippen LogP contribution in [0.15, 0.2) is 48.5 Å². The normalized spacial score (nSPS) is 17.7. The minimum atomic E-state index is -5.11. The first-order chi connectivity index (χ1) is 20.4. The standard InChI is InChI=1S/C31H36F6N2O5/c1-19(2)43-27(40)17-38(18-28(41)44-20(3)4)25-10-11-39(26(16-25)12-21-8-6-5-7-9-21)29(42)22-13-23(30(32,33)34)15-24(14-22)31(35,36)37/h5-9,13-15,19-20,25-26H,10-12,16-18H2,1-4H3/t25-,26+/m0/s1. The number of piperidine rings is 1. The highest BCUT2D eigenvalue weighted by Gasteiger charge is 2.40. The molecule has 2 atom stereocenters. The summed E-state index contributed by atoms with van der Waals surface area (Å²) in [6, 6.07) is 8.58. The molecule has 1 fully saturated rings. The Hall–Kier alpha value is -3.61. The minimum Gasteiger partial charge on any atom is -0.462 e. The van der Waals surface area contributed by atoms with E-state index in [0.717, 1.165) is 5.56 Å². The van der Waals surface area contributed by atoms with Crippen molar-refractivity contribution in [3.63, 3.8) is 0 Å². The number of carbonyl (C=O) groups excluding carboxylic acids is 3. The second-order valence-corrected chi connectivity index (χ2v) is 11.3. The Balaban J connectivity index is 1.97. The Kier molecular flexibility index (Phi) is 11.5. The number of benzene rings is 2. The van der Waals surface area contributed by atoms with Gasteiger partial charge in [-0.15, -0.1) is 0 Å². The number of amides is 1. The first kappa shape index (κ1) is 34.9. The SMILES string of the molecule is CC(C)OC(=O)CN(CC(=O)OC(C)C)[C@H]1CCN(C(=O)c2cc(C(F)(F)F)cc(C(F)(F)F)c2)[C@H](Cc2ccccc2)C1. The number of rotatable bonds is 10. The molecule has 44 heavy (non-hydrogen) atoms. The molecular weight excluding hydrogens is 594 g/mol. The van der Waals surface area contributed by atoms with Crippen LogP contribution < -0.4 is 0 Å². The van der Waals surface area contributed by atoms with Crippen molar-refractivity contribution in [2.24, 2.45) is 0 Å². The summed E-state index contributed by atoms with van der Waals surface area (Å²) >= 11 is 0. The van der Waals surface area contributed by atoms with Crippen LogP contribution in [0.25, 0.3) is 0 Å². The van der Waals surface area contributed by atoms with Crippen LogP contribution in [-0.2, 0) is 37.8 Å². The predicted molar refractivity (Wildman–Crippen MR) is 148 cm³/mol. The summed E-state index contributed by atoms with van der Waals surface area (Å²) in [5, 5.41) is 0. The number of esters is 2. The van der Waals surface area contributed by atoms with E-state index in [2.05, 4.69) is 0 Å². The van der Waals surface area contributed by atoms with Crippen molar-refractivity contribution in [2.45, 2.75) is 83.6 Å². The molecule has 1 aliphatic rings. The fraction of sp³-hybridized carbons (Fsp3) is 0.516. The molecule has 0 N–H and O–H groups in total. The monoisotopic (exact) mass is 630 g/mol. The van der Waals surface area contributed by atoms with Crippen LogP contribution in [0.5, 0.6) is 0 Å². The van der Waals surface area contributed by atoms with Gasteiger partial charge < -0.3 is 14.4 Å². The van der Waals surface area contributed by atoms with E-state index in [-0.39, 0.29) is 45.0 Å². The third kappa shape index (κ3) is 9.96. The van der Waals surface area contributed by atoms with E-state index < -0.39 is 71.2 Å². The third-order valence-electron chi connectivity index (χ3n) is 7.01. The van der Waals surface area contributed by atoms with Crippen LogP contribution in [0.4, 0.5) is 26.3 Å². The molecule has 0 radical (unpaired) electrons. The summed E-state index contributed by atoms with van der Waals surface area (Å²) in [7, 11) is 0. The zero-order valence-corrected chi connectivity index (χ0v) is 24.9. The van der Waals surface area contributed by atoms with Crippen LogP contribution in [0, 0.1) is 0 Å². The van der Waals surface area contributed by atoms with Crippen molar-refractivity contribution in [3.05, 3.63) is 70.8 Å². The largest absolute Gasteiger partial charge is 0.462 e. The first-order valence-corrected chi connectivity index (χ1v) is 14.2. The summed E-state index contributed by atoms with van der Waals surface area (Å²) in [6.45, 7) is 6.13. The Morgan fingerprint density at radius 1 is 0.841 bits per heavy atom. The van der Waals surface area contributed by atoms with Gasteiger partial charge in [0, 0.05) is 24.2 Å². The van der Waals surface area contributed by atoms with Crippen LogP contribution in [-0.4, -0.2) is 71.6 Å². The maximum absolute atomic E-state index is 13.7. The van der Waals surface area contributed by atoms with Crippen molar-refractivity contribution in [1.82, 2.24) is 9.80 Å². The van der Waals surface area contributed by atoms with Crippen LogP contribution in [0.1, 0.15) is 67.6 Å². The molecule has 1 heterocycles. The average molecular weight is 631 g/mol. The number of likely N-dealkylation sites (tertiary alicyclic amines) is 1. The Morgan fingerprint density at radius 2 is 1.34 bits per heavy atom. The van der Waals surface area contributed by atoms with Gasteiger partial charge in [0.15, 0.2) is 0 Å². The molecule has 13 heteroatoms. The van der Waals surface area contributed by atoms with Gasteiger partial charge in [-0.1, -0.05) is 30.3 Å². The molecule has 7 nitrogen and oxygen atoms in total. The number of carbonyl (C=O) groups is 3. The molecule has 0 spiro atoms. The van der Waals surface area contributed by atoms with E-state index in [1.54, 1.807) is 62.9 Å². The molecule has 3 rings (SSSR count). The minimum absolute atomic E-state index is 0.0190. The lowest BCUT2D eigenvalue weighted by Gasteiger charge is -2.43. The average Bonchev–Trinajstić information content (AvgIpc) is 2.90. The van der Waals surface area contributed by atoms with Gasteiger partial charge in [0.1, 0.15) is 0 Å². The highest BCUT2D eigenvalue weighted by atomic mass is 19.4. The zero-order valence-electron chi connectivity index (χ0n) is 24.9. The molecule has 1 amide bonds. The van der Waals surface area contributed by atoms with Gasteiger partial charge in [-0.2, -0.15) is 26.3 Å². The van der Waals surface area contributed by atoms with Crippen LogP contribution >= 0.6 is 0 Å². The molecule has 0 saturated carbocycles. The van der Waals surface area contributed by atoms with E-state index in [9.17, 15) is 40.7 Å². The number of nitrogens with zero attached hydrogens (tertiary/aromatic N) is 2. The Labute approximate surface area is 252 Å². The Morgan fingerprint density at radius 3 is 1.80 bits per heavy atom. The van der Waals surface area contributed by atoms with E-state index in [0.29, 0.717) is 12.1 Å². The maximum atomic E-state index is 13.7. The molecule has 0 aromatic heterocycles. The quantitative estimate of drug-likeness (QED) is 0.232. The van der Waals surface area contributed by atoms with E-state index in [1.807, 2.05) is 0 Å². The molecule has 242 valence electrons. The van der Waals surface area contributed by atoms with Gasteiger partial charge in [-0.25, -0.2) is 0 Å². The van der Waals surface area contributed by atoms with Crippen LogP contribution in [0.2, 0.25) is 0 Å². The highest BCUT2D eigenvalue weighted by molar-refractivity contribution is 5.95. The molecular formula is C31H36F6N2O5. The topological polar surface area (TPSA) is 76.2 Å². The number of hydrogen-bond acceptors (Lipinski definition) is 6. The van der Waals surface area contributed by atoms with Gasteiger partial charge in [0.2, 0.25) is 0 Å². The summed E-state index contributed by atoms with van der Waals surface area (Å²) in [6.07, 6.45) is -10.4. The van der Waals surface area contributed by atoms with Crippen molar-refractivity contribution < 1.29 is 50.2 Å².